The molecule has 0 radical (unpaired) electrons. The Labute approximate surface area is 103 Å². The molecule has 0 aliphatic heterocycles. The highest BCUT2D eigenvalue weighted by molar-refractivity contribution is 5.60. The van der Waals surface area contributed by atoms with Gasteiger partial charge in [0.2, 0.25) is 0 Å². The van der Waals surface area contributed by atoms with Gasteiger partial charge in [-0.05, 0) is 30.5 Å². The Morgan fingerprint density at radius 1 is 1.06 bits per heavy atom. The van der Waals surface area contributed by atoms with Crippen molar-refractivity contribution in [2.75, 3.05) is 5.73 Å². The van der Waals surface area contributed by atoms with Crippen LogP contribution in [-0.4, -0.2) is 4.98 Å². The maximum atomic E-state index is 5.62. The minimum atomic E-state index is 0.702. The average molecular weight is 226 g/mol. The van der Waals surface area contributed by atoms with Gasteiger partial charge in [-0.2, -0.15) is 0 Å². The number of rotatable bonds is 4. The third-order valence-electron chi connectivity index (χ3n) is 2.86. The quantitative estimate of drug-likeness (QED) is 0.863. The molecule has 2 rings (SSSR count). The van der Waals surface area contributed by atoms with Gasteiger partial charge >= 0.3 is 0 Å². The third kappa shape index (κ3) is 3.06. The molecule has 2 heteroatoms. The Morgan fingerprint density at radius 2 is 1.82 bits per heavy atom. The molecular weight excluding hydrogens is 208 g/mol. The minimum Gasteiger partial charge on any atom is -0.397 e. The van der Waals surface area contributed by atoms with Crippen LogP contribution in [0.3, 0.4) is 0 Å². The van der Waals surface area contributed by atoms with Crippen LogP contribution < -0.4 is 5.73 Å². The molecule has 88 valence electrons. The van der Waals surface area contributed by atoms with E-state index < -0.39 is 0 Å². The van der Waals surface area contributed by atoms with Gasteiger partial charge < -0.3 is 5.73 Å². The number of nitrogen functional groups attached to an aromatic ring is 1. The van der Waals surface area contributed by atoms with Crippen LogP contribution in [0.2, 0.25) is 0 Å². The molecule has 1 aromatic carbocycles. The minimum absolute atomic E-state index is 0.702. The summed E-state index contributed by atoms with van der Waals surface area (Å²) in [5.74, 6) is 0. The summed E-state index contributed by atoms with van der Waals surface area (Å²) >= 11 is 0. The number of unbranched alkanes of at least 4 members (excludes halogenated alkanes) is 1. The van der Waals surface area contributed by atoms with Crippen molar-refractivity contribution >= 4 is 5.69 Å². The first-order valence-corrected chi connectivity index (χ1v) is 6.10. The van der Waals surface area contributed by atoms with Gasteiger partial charge in [0.1, 0.15) is 0 Å². The van der Waals surface area contributed by atoms with Crippen LogP contribution in [0, 0.1) is 0 Å². The molecular formula is C15H18N2. The van der Waals surface area contributed by atoms with Crippen LogP contribution >= 0.6 is 0 Å². The van der Waals surface area contributed by atoms with Crippen molar-refractivity contribution in [2.24, 2.45) is 0 Å². The summed E-state index contributed by atoms with van der Waals surface area (Å²) in [7, 11) is 0. The molecule has 0 fully saturated rings. The SMILES string of the molecule is CCCCc1ccc(-c2ccc(N)cn2)cc1. The van der Waals surface area contributed by atoms with Crippen LogP contribution in [0.5, 0.6) is 0 Å². The Morgan fingerprint density at radius 3 is 2.41 bits per heavy atom. The molecule has 0 amide bonds. The van der Waals surface area contributed by atoms with E-state index in [1.165, 1.54) is 18.4 Å². The fourth-order valence-corrected chi connectivity index (χ4v) is 1.80. The molecule has 1 heterocycles. The van der Waals surface area contributed by atoms with Crippen molar-refractivity contribution < 1.29 is 0 Å². The Kier molecular flexibility index (Phi) is 3.76. The molecule has 17 heavy (non-hydrogen) atoms. The number of pyridine rings is 1. The normalized spacial score (nSPS) is 10.4. The van der Waals surface area contributed by atoms with Gasteiger partial charge in [-0.15, -0.1) is 0 Å². The maximum absolute atomic E-state index is 5.62. The molecule has 0 aliphatic rings. The predicted octanol–water partition coefficient (Wildman–Crippen LogP) is 3.67. The first-order valence-electron chi connectivity index (χ1n) is 6.10. The Balaban J connectivity index is 2.14. The topological polar surface area (TPSA) is 38.9 Å². The molecule has 0 atom stereocenters. The molecule has 2 nitrogen and oxygen atoms in total. The Hall–Kier alpha value is -1.83. The molecule has 0 bridgehead atoms. The van der Waals surface area contributed by atoms with E-state index in [9.17, 15) is 0 Å². The zero-order valence-corrected chi connectivity index (χ0v) is 10.2. The summed E-state index contributed by atoms with van der Waals surface area (Å²) in [4.78, 5) is 4.32. The highest BCUT2D eigenvalue weighted by Gasteiger charge is 1.99. The average Bonchev–Trinajstić information content (AvgIpc) is 2.38. The largest absolute Gasteiger partial charge is 0.397 e. The smallest absolute Gasteiger partial charge is 0.0703 e. The van der Waals surface area contributed by atoms with Crippen molar-refractivity contribution in [1.29, 1.82) is 0 Å². The summed E-state index contributed by atoms with van der Waals surface area (Å²) in [5.41, 5.74) is 9.83. The van der Waals surface area contributed by atoms with Crippen molar-refractivity contribution in [3.63, 3.8) is 0 Å². The van der Waals surface area contributed by atoms with Gasteiger partial charge in [-0.3, -0.25) is 4.98 Å². The van der Waals surface area contributed by atoms with Gasteiger partial charge in [-0.1, -0.05) is 37.6 Å². The van der Waals surface area contributed by atoms with Gasteiger partial charge in [-0.25, -0.2) is 0 Å². The maximum Gasteiger partial charge on any atom is 0.0703 e. The van der Waals surface area contributed by atoms with Crippen LogP contribution in [0.15, 0.2) is 42.6 Å². The summed E-state index contributed by atoms with van der Waals surface area (Å²) in [6, 6.07) is 12.5. The van der Waals surface area contributed by atoms with Crippen LogP contribution in [-0.2, 0) is 6.42 Å². The standard InChI is InChI=1S/C15H18N2/c1-2-3-4-12-5-7-13(8-6-12)15-10-9-14(16)11-17-15/h5-11H,2-4,16H2,1H3. The van der Waals surface area contributed by atoms with Crippen LogP contribution in [0.4, 0.5) is 5.69 Å². The monoisotopic (exact) mass is 226 g/mol. The van der Waals surface area contributed by atoms with Gasteiger partial charge in [0.05, 0.1) is 17.6 Å². The fourth-order valence-electron chi connectivity index (χ4n) is 1.80. The summed E-state index contributed by atoms with van der Waals surface area (Å²) in [5, 5.41) is 0. The Bertz CT molecular complexity index is 457. The van der Waals surface area contributed by atoms with Crippen LogP contribution in [0.25, 0.3) is 11.3 Å². The molecule has 0 spiro atoms. The van der Waals surface area contributed by atoms with E-state index in [0.717, 1.165) is 17.7 Å². The molecule has 0 saturated carbocycles. The number of aromatic nitrogens is 1. The number of anilines is 1. The van der Waals surface area contributed by atoms with E-state index >= 15 is 0 Å². The van der Waals surface area contributed by atoms with E-state index in [4.69, 9.17) is 5.73 Å². The lowest BCUT2D eigenvalue weighted by molar-refractivity contribution is 0.795. The number of aryl methyl sites for hydroxylation is 1. The van der Waals surface area contributed by atoms with E-state index in [0.29, 0.717) is 5.69 Å². The van der Waals surface area contributed by atoms with Crippen molar-refractivity contribution in [1.82, 2.24) is 4.98 Å². The number of benzene rings is 1. The van der Waals surface area contributed by atoms with Crippen molar-refractivity contribution in [3.05, 3.63) is 48.2 Å². The van der Waals surface area contributed by atoms with Crippen molar-refractivity contribution in [3.8, 4) is 11.3 Å². The summed E-state index contributed by atoms with van der Waals surface area (Å²) in [6.45, 7) is 2.21. The van der Waals surface area contributed by atoms with E-state index in [1.807, 2.05) is 12.1 Å². The van der Waals surface area contributed by atoms with Gasteiger partial charge in [0.25, 0.3) is 0 Å². The molecule has 0 aliphatic carbocycles. The van der Waals surface area contributed by atoms with E-state index in [2.05, 4.69) is 36.2 Å². The summed E-state index contributed by atoms with van der Waals surface area (Å²) in [6.07, 6.45) is 5.34. The fraction of sp³-hybridized carbons (Fsp3) is 0.267. The molecule has 1 aromatic heterocycles. The molecule has 0 unspecified atom stereocenters. The van der Waals surface area contributed by atoms with Crippen molar-refractivity contribution in [2.45, 2.75) is 26.2 Å². The first-order chi connectivity index (χ1) is 8.29. The zero-order chi connectivity index (χ0) is 12.1. The second-order valence-corrected chi connectivity index (χ2v) is 4.28. The highest BCUT2D eigenvalue weighted by atomic mass is 14.7. The predicted molar refractivity (Wildman–Crippen MR) is 72.7 cm³/mol. The van der Waals surface area contributed by atoms with Gasteiger partial charge in [0, 0.05) is 5.56 Å². The lowest BCUT2D eigenvalue weighted by atomic mass is 10.0. The highest BCUT2D eigenvalue weighted by Crippen LogP contribution is 2.18. The van der Waals surface area contributed by atoms with Gasteiger partial charge in [0.15, 0.2) is 0 Å². The molecule has 0 saturated heterocycles. The lowest BCUT2D eigenvalue weighted by Gasteiger charge is -2.03. The molecule has 2 N–H and O–H groups in total. The zero-order valence-electron chi connectivity index (χ0n) is 10.2. The number of hydrogen-bond donors (Lipinski definition) is 1. The lowest BCUT2D eigenvalue weighted by Crippen LogP contribution is -1.89. The number of nitrogens with two attached hydrogens (primary N) is 1. The second kappa shape index (κ2) is 5.48. The van der Waals surface area contributed by atoms with E-state index in [-0.39, 0.29) is 0 Å². The third-order valence-corrected chi connectivity index (χ3v) is 2.86. The number of nitrogens with zero attached hydrogens (tertiary/aromatic N) is 1. The van der Waals surface area contributed by atoms with Crippen LogP contribution in [0.1, 0.15) is 25.3 Å². The van der Waals surface area contributed by atoms with E-state index in [1.54, 1.807) is 6.20 Å². The number of hydrogen-bond acceptors (Lipinski definition) is 2. The molecule has 2 aromatic rings. The first kappa shape index (κ1) is 11.6. The second-order valence-electron chi connectivity index (χ2n) is 4.28. The summed E-state index contributed by atoms with van der Waals surface area (Å²) < 4.78 is 0.